The van der Waals surface area contributed by atoms with Crippen molar-refractivity contribution in [3.05, 3.63) is 33.4 Å². The number of halogens is 3. The molecular formula is C8H3F3N2O2S. The number of benzene rings is 1. The molecule has 0 saturated heterocycles. The molecule has 4 nitrogen and oxygen atoms in total. The van der Waals surface area contributed by atoms with Gasteiger partial charge in [-0.05, 0) is 6.07 Å². The average molecular weight is 248 g/mol. The zero-order valence-electron chi connectivity index (χ0n) is 7.45. The lowest BCUT2D eigenvalue weighted by Gasteiger charge is -2.08. The molecule has 1 aromatic rings. The van der Waals surface area contributed by atoms with Crippen molar-refractivity contribution in [2.24, 2.45) is 0 Å². The molecule has 0 unspecified atom stereocenters. The number of nitrogens with zero attached hydrogens (tertiary/aromatic N) is 2. The summed E-state index contributed by atoms with van der Waals surface area (Å²) in [5.41, 5.74) is -2.84. The standard InChI is InChI=1S/C8H3F3N2O2S/c9-8(10,11)5-2-7(16)4(3-12)1-6(5)13(14)15/h1-2,16H. The summed E-state index contributed by atoms with van der Waals surface area (Å²) >= 11 is 3.65. The molecule has 0 radical (unpaired) electrons. The Labute approximate surface area is 92.9 Å². The highest BCUT2D eigenvalue weighted by molar-refractivity contribution is 7.80. The number of nitro benzene ring substituents is 1. The van der Waals surface area contributed by atoms with E-state index < -0.39 is 22.4 Å². The summed E-state index contributed by atoms with van der Waals surface area (Å²) in [5, 5.41) is 18.9. The minimum Gasteiger partial charge on any atom is -0.258 e. The summed E-state index contributed by atoms with van der Waals surface area (Å²) in [6, 6.07) is 2.55. The Bertz CT molecular complexity index is 493. The molecule has 0 aromatic heterocycles. The van der Waals surface area contributed by atoms with E-state index in [0.29, 0.717) is 12.1 Å². The Hall–Kier alpha value is -1.75. The van der Waals surface area contributed by atoms with Gasteiger partial charge in [-0.1, -0.05) is 0 Å². The summed E-state index contributed by atoms with van der Waals surface area (Å²) in [5.74, 6) is 0. The molecule has 0 saturated carbocycles. The molecule has 0 aliphatic carbocycles. The Morgan fingerprint density at radius 2 is 2.00 bits per heavy atom. The number of nitro groups is 1. The van der Waals surface area contributed by atoms with Crippen molar-refractivity contribution in [3.8, 4) is 6.07 Å². The van der Waals surface area contributed by atoms with Gasteiger partial charge in [-0.25, -0.2) is 0 Å². The molecule has 0 heterocycles. The number of hydrogen-bond acceptors (Lipinski definition) is 4. The van der Waals surface area contributed by atoms with E-state index in [1.165, 1.54) is 6.07 Å². The molecule has 0 amide bonds. The fraction of sp³-hybridized carbons (Fsp3) is 0.125. The molecule has 0 bridgehead atoms. The maximum absolute atomic E-state index is 12.4. The van der Waals surface area contributed by atoms with E-state index in [1.807, 2.05) is 0 Å². The molecule has 84 valence electrons. The van der Waals surface area contributed by atoms with Crippen LogP contribution in [0.3, 0.4) is 0 Å². The quantitative estimate of drug-likeness (QED) is 0.472. The monoisotopic (exact) mass is 248 g/mol. The van der Waals surface area contributed by atoms with Crippen LogP contribution >= 0.6 is 12.6 Å². The molecule has 1 rings (SSSR count). The van der Waals surface area contributed by atoms with Crippen molar-refractivity contribution in [2.45, 2.75) is 11.1 Å². The predicted molar refractivity (Wildman–Crippen MR) is 50.1 cm³/mol. The fourth-order valence-electron chi connectivity index (χ4n) is 1.04. The Morgan fingerprint density at radius 3 is 2.38 bits per heavy atom. The second kappa shape index (κ2) is 4.02. The van der Waals surface area contributed by atoms with Gasteiger partial charge in [-0.15, -0.1) is 12.6 Å². The third-order valence-electron chi connectivity index (χ3n) is 1.74. The first-order valence-electron chi connectivity index (χ1n) is 3.76. The highest BCUT2D eigenvalue weighted by Gasteiger charge is 2.39. The summed E-state index contributed by atoms with van der Waals surface area (Å²) in [6.45, 7) is 0. The van der Waals surface area contributed by atoms with Gasteiger partial charge in [0.05, 0.1) is 10.5 Å². The molecule has 0 fully saturated rings. The highest BCUT2D eigenvalue weighted by atomic mass is 32.1. The van der Waals surface area contributed by atoms with Crippen LogP contribution in [0.1, 0.15) is 11.1 Å². The second-order valence-corrected chi connectivity index (χ2v) is 3.23. The van der Waals surface area contributed by atoms with Crippen molar-refractivity contribution < 1.29 is 18.1 Å². The molecule has 0 N–H and O–H groups in total. The number of thiol groups is 1. The topological polar surface area (TPSA) is 66.9 Å². The van der Waals surface area contributed by atoms with Gasteiger partial charge in [-0.2, -0.15) is 18.4 Å². The van der Waals surface area contributed by atoms with Crippen molar-refractivity contribution >= 4 is 18.3 Å². The van der Waals surface area contributed by atoms with Crippen LogP contribution in [0.4, 0.5) is 18.9 Å². The van der Waals surface area contributed by atoms with Crippen molar-refractivity contribution in [1.82, 2.24) is 0 Å². The molecule has 0 atom stereocenters. The number of hydrogen-bond donors (Lipinski definition) is 1. The molecular weight excluding hydrogens is 245 g/mol. The smallest absolute Gasteiger partial charge is 0.258 e. The van der Waals surface area contributed by atoms with Gasteiger partial charge < -0.3 is 0 Å². The summed E-state index contributed by atoms with van der Waals surface area (Å²) in [6.07, 6.45) is -4.85. The molecule has 8 heteroatoms. The zero-order valence-corrected chi connectivity index (χ0v) is 8.34. The predicted octanol–water partition coefficient (Wildman–Crippen LogP) is 2.77. The minimum absolute atomic E-state index is 0.250. The van der Waals surface area contributed by atoms with Crippen molar-refractivity contribution in [3.63, 3.8) is 0 Å². The third-order valence-corrected chi connectivity index (χ3v) is 2.11. The maximum Gasteiger partial charge on any atom is 0.423 e. The number of alkyl halides is 3. The summed E-state index contributed by atoms with van der Waals surface area (Å²) in [7, 11) is 0. The number of nitriles is 1. The molecule has 16 heavy (non-hydrogen) atoms. The van der Waals surface area contributed by atoms with Gasteiger partial charge >= 0.3 is 6.18 Å². The summed E-state index contributed by atoms with van der Waals surface area (Å²) in [4.78, 5) is 8.99. The molecule has 1 aromatic carbocycles. The van der Waals surface area contributed by atoms with Crippen LogP contribution in [0.5, 0.6) is 0 Å². The Morgan fingerprint density at radius 1 is 1.44 bits per heavy atom. The number of rotatable bonds is 1. The summed E-state index contributed by atoms with van der Waals surface area (Å²) < 4.78 is 37.2. The minimum atomic E-state index is -4.85. The van der Waals surface area contributed by atoms with Crippen molar-refractivity contribution in [1.29, 1.82) is 5.26 Å². The van der Waals surface area contributed by atoms with Gasteiger partial charge in [-0.3, -0.25) is 10.1 Å². The van der Waals surface area contributed by atoms with E-state index in [2.05, 4.69) is 12.6 Å². The van der Waals surface area contributed by atoms with E-state index in [-0.39, 0.29) is 10.5 Å². The van der Waals surface area contributed by atoms with E-state index in [0.717, 1.165) is 0 Å². The zero-order chi connectivity index (χ0) is 12.5. The maximum atomic E-state index is 12.4. The first-order chi connectivity index (χ1) is 7.27. The first-order valence-corrected chi connectivity index (χ1v) is 4.20. The van der Waals surface area contributed by atoms with E-state index in [4.69, 9.17) is 5.26 Å². The molecule has 0 spiro atoms. The average Bonchev–Trinajstić information content (AvgIpc) is 2.15. The van der Waals surface area contributed by atoms with Gasteiger partial charge in [0.25, 0.3) is 5.69 Å². The first kappa shape index (κ1) is 12.3. The van der Waals surface area contributed by atoms with Gasteiger partial charge in [0.1, 0.15) is 11.6 Å². The van der Waals surface area contributed by atoms with E-state index in [1.54, 1.807) is 0 Å². The lowest BCUT2D eigenvalue weighted by molar-refractivity contribution is -0.388. The van der Waals surface area contributed by atoms with Crippen LogP contribution in [0, 0.1) is 21.4 Å². The normalized spacial score (nSPS) is 10.9. The Balaban J connectivity index is 3.57. The second-order valence-electron chi connectivity index (χ2n) is 2.75. The lowest BCUT2D eigenvalue weighted by atomic mass is 10.1. The van der Waals surface area contributed by atoms with Crippen LogP contribution in [-0.4, -0.2) is 4.92 Å². The van der Waals surface area contributed by atoms with Gasteiger partial charge in [0.15, 0.2) is 0 Å². The van der Waals surface area contributed by atoms with Crippen LogP contribution in [0.2, 0.25) is 0 Å². The van der Waals surface area contributed by atoms with Crippen molar-refractivity contribution in [2.75, 3.05) is 0 Å². The van der Waals surface area contributed by atoms with E-state index in [9.17, 15) is 23.3 Å². The van der Waals surface area contributed by atoms with Crippen LogP contribution in [0.25, 0.3) is 0 Å². The lowest BCUT2D eigenvalue weighted by Crippen LogP contribution is -2.09. The van der Waals surface area contributed by atoms with E-state index >= 15 is 0 Å². The Kier molecular flexibility index (Phi) is 3.09. The van der Waals surface area contributed by atoms with Gasteiger partial charge in [0.2, 0.25) is 0 Å². The fourth-order valence-corrected chi connectivity index (χ4v) is 1.29. The highest BCUT2D eigenvalue weighted by Crippen LogP contribution is 2.38. The third kappa shape index (κ3) is 2.25. The van der Waals surface area contributed by atoms with Gasteiger partial charge in [0, 0.05) is 11.0 Å². The SMILES string of the molecule is N#Cc1cc([N+](=O)[O-])c(C(F)(F)F)cc1S. The van der Waals surface area contributed by atoms with Crippen LogP contribution in [0.15, 0.2) is 17.0 Å². The van der Waals surface area contributed by atoms with Crippen LogP contribution in [-0.2, 0) is 6.18 Å². The largest absolute Gasteiger partial charge is 0.423 e. The van der Waals surface area contributed by atoms with Crippen LogP contribution < -0.4 is 0 Å². The molecule has 0 aliphatic heterocycles. The molecule has 0 aliphatic rings.